The van der Waals surface area contributed by atoms with Crippen LogP contribution in [0.25, 0.3) is 0 Å². The van der Waals surface area contributed by atoms with Crippen LogP contribution < -0.4 is 16.8 Å². The van der Waals surface area contributed by atoms with Crippen LogP contribution in [0.15, 0.2) is 18.2 Å². The number of nitro benzene ring substituents is 1. The van der Waals surface area contributed by atoms with Gasteiger partial charge in [-0.15, -0.1) is 0 Å². The number of nitrogens with zero attached hydrogens (tertiary/aromatic N) is 1. The van der Waals surface area contributed by atoms with Gasteiger partial charge in [-0.05, 0) is 12.1 Å². The number of nitrogens with two attached hydrogens (primary N) is 2. The zero-order valence-corrected chi connectivity index (χ0v) is 11.2. The Labute approximate surface area is 123 Å². The highest BCUT2D eigenvalue weighted by Crippen LogP contribution is 2.20. The van der Waals surface area contributed by atoms with E-state index in [1.165, 1.54) is 6.07 Å². The summed E-state index contributed by atoms with van der Waals surface area (Å²) in [6.45, 7) is -0.538. The number of aliphatic carboxylic acids is 1. The number of benzene rings is 1. The molecule has 0 aliphatic rings. The smallest absolute Gasteiger partial charge is 0.342 e. The van der Waals surface area contributed by atoms with E-state index in [9.17, 15) is 24.5 Å². The molecular weight excluding hydrogens is 300 g/mol. The lowest BCUT2D eigenvalue weighted by Gasteiger charge is -1.98. The van der Waals surface area contributed by atoms with Gasteiger partial charge in [-0.3, -0.25) is 19.7 Å². The Hall–Kier alpha value is -3.21. The number of hydrogen-bond donors (Lipinski definition) is 5. The first-order chi connectivity index (χ1) is 10.2. The van der Waals surface area contributed by atoms with Crippen molar-refractivity contribution in [1.82, 2.24) is 5.32 Å². The fourth-order valence-electron chi connectivity index (χ4n) is 1.13. The van der Waals surface area contributed by atoms with E-state index in [-0.39, 0.29) is 18.8 Å². The Morgan fingerprint density at radius 2 is 1.86 bits per heavy atom. The molecule has 7 N–H and O–H groups in total. The van der Waals surface area contributed by atoms with Crippen LogP contribution >= 0.6 is 0 Å². The largest absolute Gasteiger partial charge is 0.480 e. The highest BCUT2D eigenvalue weighted by molar-refractivity contribution is 5.93. The number of rotatable bonds is 5. The zero-order chi connectivity index (χ0) is 17.3. The Kier molecular flexibility index (Phi) is 7.57. The van der Waals surface area contributed by atoms with Crippen molar-refractivity contribution >= 4 is 29.2 Å². The van der Waals surface area contributed by atoms with Crippen molar-refractivity contribution in [2.75, 3.05) is 18.8 Å². The van der Waals surface area contributed by atoms with Gasteiger partial charge in [0.25, 0.3) is 5.69 Å². The second-order valence-electron chi connectivity index (χ2n) is 3.71. The second kappa shape index (κ2) is 8.86. The molecule has 0 aliphatic carbocycles. The topological polar surface area (TPSA) is 199 Å². The molecule has 1 amide bonds. The van der Waals surface area contributed by atoms with Gasteiger partial charge in [0.05, 0.1) is 11.5 Å². The Morgan fingerprint density at radius 1 is 1.27 bits per heavy atom. The summed E-state index contributed by atoms with van der Waals surface area (Å²) in [5.41, 5.74) is 9.46. The molecule has 0 saturated carbocycles. The van der Waals surface area contributed by atoms with E-state index in [4.69, 9.17) is 21.7 Å². The summed E-state index contributed by atoms with van der Waals surface area (Å²) in [5.74, 6) is -2.90. The van der Waals surface area contributed by atoms with Crippen molar-refractivity contribution in [2.24, 2.45) is 5.73 Å². The van der Waals surface area contributed by atoms with Gasteiger partial charge in [0.2, 0.25) is 5.91 Å². The molecule has 1 aromatic rings. The molecule has 0 radical (unpaired) electrons. The maximum atomic E-state index is 10.5. The van der Waals surface area contributed by atoms with Crippen molar-refractivity contribution in [3.63, 3.8) is 0 Å². The summed E-state index contributed by atoms with van der Waals surface area (Å²) in [4.78, 5) is 40.1. The highest BCUT2D eigenvalue weighted by Gasteiger charge is 2.18. The fourth-order valence-corrected chi connectivity index (χ4v) is 1.13. The Balaban J connectivity index is 0.000000433. The fraction of sp³-hybridized carbons (Fsp3) is 0.182. The number of nitrogen functional groups attached to an aromatic ring is 1. The molecule has 11 nitrogen and oxygen atoms in total. The van der Waals surface area contributed by atoms with Crippen molar-refractivity contribution in [3.05, 3.63) is 33.9 Å². The average molecular weight is 314 g/mol. The molecule has 0 heterocycles. The molecule has 11 heteroatoms. The van der Waals surface area contributed by atoms with Crippen molar-refractivity contribution < 1.29 is 29.5 Å². The SMILES string of the molecule is NCC(=O)NCC(=O)O.Nc1ccc([N+](=O)[O-])c(C(=O)O)c1. The third-order valence-electron chi connectivity index (χ3n) is 2.07. The molecule has 0 bridgehead atoms. The molecule has 0 atom stereocenters. The van der Waals surface area contributed by atoms with Crippen LogP contribution in [-0.4, -0.2) is 46.1 Å². The number of nitrogens with one attached hydrogen (secondary N) is 1. The summed E-state index contributed by atoms with van der Waals surface area (Å²) < 4.78 is 0. The van der Waals surface area contributed by atoms with Crippen LogP contribution in [-0.2, 0) is 9.59 Å². The van der Waals surface area contributed by atoms with Gasteiger partial charge in [-0.1, -0.05) is 0 Å². The van der Waals surface area contributed by atoms with E-state index in [1.807, 2.05) is 0 Å². The lowest BCUT2D eigenvalue weighted by Crippen LogP contribution is -2.34. The van der Waals surface area contributed by atoms with E-state index < -0.39 is 34.0 Å². The standard InChI is InChI=1S/C7H6N2O4.C4H8N2O3/c8-4-1-2-6(9(12)13)5(3-4)7(10)11;5-1-3(7)6-2-4(8)9/h1-3H,8H2,(H,10,11);1-2,5H2,(H,6,7)(H,8,9). The summed E-state index contributed by atoms with van der Waals surface area (Å²) in [5, 5.41) is 29.0. The first-order valence-electron chi connectivity index (χ1n) is 5.64. The number of carbonyl (C=O) groups is 3. The van der Waals surface area contributed by atoms with Gasteiger partial charge >= 0.3 is 11.9 Å². The van der Waals surface area contributed by atoms with Crippen molar-refractivity contribution in [1.29, 1.82) is 0 Å². The number of carbonyl (C=O) groups excluding carboxylic acids is 1. The van der Waals surface area contributed by atoms with E-state index >= 15 is 0 Å². The molecule has 120 valence electrons. The molecule has 0 aliphatic heterocycles. The molecule has 0 unspecified atom stereocenters. The third-order valence-corrected chi connectivity index (χ3v) is 2.07. The lowest BCUT2D eigenvalue weighted by molar-refractivity contribution is -0.385. The molecule has 0 fully saturated rings. The summed E-state index contributed by atoms with van der Waals surface area (Å²) >= 11 is 0. The quantitative estimate of drug-likeness (QED) is 0.257. The lowest BCUT2D eigenvalue weighted by atomic mass is 10.1. The maximum absolute atomic E-state index is 10.5. The number of carboxylic acids is 2. The van der Waals surface area contributed by atoms with Crippen LogP contribution in [0.5, 0.6) is 0 Å². The van der Waals surface area contributed by atoms with E-state index in [2.05, 4.69) is 5.32 Å². The average Bonchev–Trinajstić information content (AvgIpc) is 2.44. The monoisotopic (exact) mass is 314 g/mol. The molecule has 0 aromatic heterocycles. The van der Waals surface area contributed by atoms with Gasteiger partial charge in [0.1, 0.15) is 12.1 Å². The van der Waals surface area contributed by atoms with Gasteiger partial charge < -0.3 is 27.0 Å². The maximum Gasteiger partial charge on any atom is 0.342 e. The number of aromatic carboxylic acids is 1. The van der Waals surface area contributed by atoms with Crippen molar-refractivity contribution in [2.45, 2.75) is 0 Å². The molecule has 1 aromatic carbocycles. The predicted molar refractivity (Wildman–Crippen MR) is 74.2 cm³/mol. The minimum atomic E-state index is -1.36. The van der Waals surface area contributed by atoms with Crippen LogP contribution in [0.3, 0.4) is 0 Å². The second-order valence-corrected chi connectivity index (χ2v) is 3.71. The number of hydrogen-bond acceptors (Lipinski definition) is 7. The normalized spacial score (nSPS) is 9.14. The minimum absolute atomic E-state index is 0.173. The number of amides is 1. The van der Waals surface area contributed by atoms with Crippen LogP contribution in [0.1, 0.15) is 10.4 Å². The zero-order valence-electron chi connectivity index (χ0n) is 11.2. The molecule has 0 saturated heterocycles. The van der Waals surface area contributed by atoms with Gasteiger partial charge in [-0.2, -0.15) is 0 Å². The minimum Gasteiger partial charge on any atom is -0.480 e. The van der Waals surface area contributed by atoms with Crippen LogP contribution in [0, 0.1) is 10.1 Å². The molecule has 22 heavy (non-hydrogen) atoms. The summed E-state index contributed by atoms with van der Waals surface area (Å²) in [6, 6.07) is 3.41. The van der Waals surface area contributed by atoms with Gasteiger partial charge in [0.15, 0.2) is 0 Å². The first-order valence-corrected chi connectivity index (χ1v) is 5.64. The molecule has 1 rings (SSSR count). The predicted octanol–water partition coefficient (Wildman–Crippen LogP) is -0.979. The Morgan fingerprint density at radius 3 is 2.27 bits per heavy atom. The van der Waals surface area contributed by atoms with Gasteiger partial charge in [0, 0.05) is 11.8 Å². The molecule has 0 spiro atoms. The third kappa shape index (κ3) is 6.81. The van der Waals surface area contributed by atoms with Crippen LogP contribution in [0.2, 0.25) is 0 Å². The van der Waals surface area contributed by atoms with E-state index in [0.29, 0.717) is 0 Å². The summed E-state index contributed by atoms with van der Waals surface area (Å²) in [6.07, 6.45) is 0. The Bertz CT molecular complexity index is 588. The molecular formula is C11H14N4O7. The van der Waals surface area contributed by atoms with Gasteiger partial charge in [-0.25, -0.2) is 4.79 Å². The van der Waals surface area contributed by atoms with E-state index in [0.717, 1.165) is 12.1 Å². The number of nitro groups is 1. The van der Waals surface area contributed by atoms with Crippen molar-refractivity contribution in [3.8, 4) is 0 Å². The highest BCUT2D eigenvalue weighted by atomic mass is 16.6. The number of carboxylic acid groups (broad SMARTS) is 2. The number of anilines is 1. The van der Waals surface area contributed by atoms with E-state index in [1.54, 1.807) is 0 Å². The van der Waals surface area contributed by atoms with Crippen LogP contribution in [0.4, 0.5) is 11.4 Å². The summed E-state index contributed by atoms with van der Waals surface area (Å²) in [7, 11) is 0. The first kappa shape index (κ1) is 18.8.